The largest absolute Gasteiger partial charge is 0.480 e. The first-order valence-corrected chi connectivity index (χ1v) is 6.91. The van der Waals surface area contributed by atoms with Crippen molar-refractivity contribution >= 4 is 17.8 Å². The molecule has 6 heteroatoms. The quantitative estimate of drug-likeness (QED) is 0.696. The molecule has 116 valence electrons. The highest BCUT2D eigenvalue weighted by Crippen LogP contribution is 2.30. The summed E-state index contributed by atoms with van der Waals surface area (Å²) in [4.78, 5) is 37.2. The van der Waals surface area contributed by atoms with Gasteiger partial charge in [0, 0.05) is 11.1 Å². The van der Waals surface area contributed by atoms with Crippen LogP contribution in [0.15, 0.2) is 48.5 Å². The molecule has 1 heterocycles. The average molecular weight is 313 g/mol. The van der Waals surface area contributed by atoms with Crippen molar-refractivity contribution in [1.82, 2.24) is 4.90 Å². The van der Waals surface area contributed by atoms with Crippen LogP contribution >= 0.6 is 0 Å². The molecule has 1 aliphatic heterocycles. The maximum absolute atomic E-state index is 13.8. The van der Waals surface area contributed by atoms with Gasteiger partial charge < -0.3 is 5.11 Å². The molecule has 2 amide bonds. The van der Waals surface area contributed by atoms with Crippen molar-refractivity contribution in [2.24, 2.45) is 0 Å². The van der Waals surface area contributed by atoms with Gasteiger partial charge in [0.05, 0.1) is 6.54 Å². The van der Waals surface area contributed by atoms with Gasteiger partial charge >= 0.3 is 5.97 Å². The van der Waals surface area contributed by atoms with E-state index >= 15 is 0 Å². The van der Waals surface area contributed by atoms with E-state index in [1.807, 2.05) is 0 Å². The minimum atomic E-state index is -1.46. The Morgan fingerprint density at radius 3 is 2.43 bits per heavy atom. The monoisotopic (exact) mass is 313 g/mol. The molecular weight excluding hydrogens is 301 g/mol. The fourth-order valence-electron chi connectivity index (χ4n) is 2.66. The van der Waals surface area contributed by atoms with Gasteiger partial charge in [-0.05, 0) is 17.7 Å². The van der Waals surface area contributed by atoms with Crippen LogP contribution < -0.4 is 0 Å². The van der Waals surface area contributed by atoms with Crippen LogP contribution in [0.2, 0.25) is 0 Å². The third kappa shape index (κ3) is 2.48. The lowest BCUT2D eigenvalue weighted by Crippen LogP contribution is -2.46. The molecular formula is C17H12FNO4. The van der Waals surface area contributed by atoms with Gasteiger partial charge in [-0.2, -0.15) is 0 Å². The number of carboxylic acid groups (broad SMARTS) is 1. The molecule has 2 aromatic carbocycles. The Hall–Kier alpha value is -3.02. The predicted octanol–water partition coefficient (Wildman–Crippen LogP) is 2.18. The molecule has 0 aromatic heterocycles. The first-order chi connectivity index (χ1) is 11.0. The summed E-state index contributed by atoms with van der Waals surface area (Å²) in [7, 11) is 0. The van der Waals surface area contributed by atoms with E-state index in [4.69, 9.17) is 0 Å². The number of hydrogen-bond donors (Lipinski definition) is 1. The zero-order valence-corrected chi connectivity index (χ0v) is 11.9. The van der Waals surface area contributed by atoms with E-state index in [2.05, 4.69) is 0 Å². The smallest absolute Gasteiger partial charge is 0.320 e. The fraction of sp³-hybridized carbons (Fsp3) is 0.118. The van der Waals surface area contributed by atoms with Gasteiger partial charge in [-0.15, -0.1) is 0 Å². The third-order valence-corrected chi connectivity index (χ3v) is 3.79. The Labute approximate surface area is 131 Å². The zero-order chi connectivity index (χ0) is 16.6. The van der Waals surface area contributed by atoms with Gasteiger partial charge in [-0.1, -0.05) is 36.4 Å². The number of carboxylic acids is 1. The lowest BCUT2D eigenvalue weighted by Gasteiger charge is -2.30. The summed E-state index contributed by atoms with van der Waals surface area (Å²) in [6.45, 7) is -0.303. The van der Waals surface area contributed by atoms with Crippen LogP contribution in [-0.2, 0) is 16.1 Å². The van der Waals surface area contributed by atoms with Gasteiger partial charge in [0.2, 0.25) is 5.91 Å². The van der Waals surface area contributed by atoms with Crippen molar-refractivity contribution in [3.63, 3.8) is 0 Å². The van der Waals surface area contributed by atoms with Crippen molar-refractivity contribution in [3.05, 3.63) is 71.0 Å². The molecule has 1 unspecified atom stereocenters. The molecule has 2 aromatic rings. The van der Waals surface area contributed by atoms with Crippen molar-refractivity contribution in [3.8, 4) is 0 Å². The summed E-state index contributed by atoms with van der Waals surface area (Å²) in [5.74, 6) is -4.83. The number of aliphatic carboxylic acids is 1. The second-order valence-electron chi connectivity index (χ2n) is 5.18. The number of benzene rings is 2. The van der Waals surface area contributed by atoms with E-state index in [1.54, 1.807) is 18.2 Å². The van der Waals surface area contributed by atoms with Crippen LogP contribution in [0.25, 0.3) is 0 Å². The molecule has 1 atom stereocenters. The number of fused-ring (bicyclic) bond motifs is 1. The highest BCUT2D eigenvalue weighted by Gasteiger charge is 2.42. The van der Waals surface area contributed by atoms with E-state index in [0.29, 0.717) is 0 Å². The Balaban J connectivity index is 2.05. The van der Waals surface area contributed by atoms with Crippen molar-refractivity contribution in [1.29, 1.82) is 0 Å². The second kappa shape index (κ2) is 5.64. The molecule has 0 radical (unpaired) electrons. The standard InChI is InChI=1S/C17H12FNO4/c18-13-8-4-1-5-10(13)9-19-15(20)12-7-3-2-6-11(12)14(16(19)21)17(22)23/h1-8,14H,9H2,(H,22,23). The molecule has 5 nitrogen and oxygen atoms in total. The van der Waals surface area contributed by atoms with E-state index < -0.39 is 29.5 Å². The highest BCUT2D eigenvalue weighted by atomic mass is 19.1. The minimum absolute atomic E-state index is 0.149. The lowest BCUT2D eigenvalue weighted by molar-refractivity contribution is -0.146. The Morgan fingerprint density at radius 1 is 1.09 bits per heavy atom. The molecule has 0 fully saturated rings. The number of halogens is 1. The summed E-state index contributed by atoms with van der Waals surface area (Å²) in [5.41, 5.74) is 0.466. The van der Waals surface area contributed by atoms with E-state index in [1.165, 1.54) is 30.3 Å². The van der Waals surface area contributed by atoms with Crippen LogP contribution in [-0.4, -0.2) is 27.8 Å². The third-order valence-electron chi connectivity index (χ3n) is 3.79. The number of amides is 2. The summed E-state index contributed by atoms with van der Waals surface area (Å²) in [5, 5.41) is 9.35. The molecule has 0 saturated carbocycles. The van der Waals surface area contributed by atoms with Crippen LogP contribution in [0.3, 0.4) is 0 Å². The second-order valence-corrected chi connectivity index (χ2v) is 5.18. The molecule has 0 spiro atoms. The van der Waals surface area contributed by atoms with Gasteiger partial charge in [0.15, 0.2) is 5.92 Å². The summed E-state index contributed by atoms with van der Waals surface area (Å²) in [6.07, 6.45) is 0. The SMILES string of the molecule is O=C(O)C1C(=O)N(Cc2ccccc2F)C(=O)c2ccccc21. The fourth-order valence-corrected chi connectivity index (χ4v) is 2.66. The zero-order valence-electron chi connectivity index (χ0n) is 11.9. The normalized spacial score (nSPS) is 17.1. The highest BCUT2D eigenvalue weighted by molar-refractivity contribution is 6.17. The topological polar surface area (TPSA) is 74.7 Å². The summed E-state index contributed by atoms with van der Waals surface area (Å²) < 4.78 is 13.8. The molecule has 3 rings (SSSR count). The van der Waals surface area contributed by atoms with Crippen molar-refractivity contribution in [2.45, 2.75) is 12.5 Å². The van der Waals surface area contributed by atoms with Crippen LogP contribution in [0.5, 0.6) is 0 Å². The van der Waals surface area contributed by atoms with E-state index in [-0.39, 0.29) is 23.2 Å². The number of rotatable bonds is 3. The molecule has 1 aliphatic rings. The molecule has 0 bridgehead atoms. The summed E-state index contributed by atoms with van der Waals surface area (Å²) in [6, 6.07) is 11.8. The minimum Gasteiger partial charge on any atom is -0.480 e. The molecule has 0 aliphatic carbocycles. The average Bonchev–Trinajstić information content (AvgIpc) is 2.53. The maximum Gasteiger partial charge on any atom is 0.320 e. The number of carbonyl (C=O) groups excluding carboxylic acids is 2. The number of hydrogen-bond acceptors (Lipinski definition) is 3. The van der Waals surface area contributed by atoms with Gasteiger partial charge in [-0.3, -0.25) is 19.3 Å². The van der Waals surface area contributed by atoms with E-state index in [9.17, 15) is 23.9 Å². The number of carbonyl (C=O) groups is 3. The van der Waals surface area contributed by atoms with Crippen LogP contribution in [0.4, 0.5) is 4.39 Å². The van der Waals surface area contributed by atoms with Gasteiger partial charge in [-0.25, -0.2) is 4.39 Å². The Bertz CT molecular complexity index is 818. The number of nitrogens with zero attached hydrogens (tertiary/aromatic N) is 1. The van der Waals surface area contributed by atoms with Gasteiger partial charge in [0.25, 0.3) is 5.91 Å². The maximum atomic E-state index is 13.8. The molecule has 1 N–H and O–H groups in total. The Kier molecular flexibility index (Phi) is 3.65. The Morgan fingerprint density at radius 2 is 1.74 bits per heavy atom. The molecule has 23 heavy (non-hydrogen) atoms. The van der Waals surface area contributed by atoms with Crippen molar-refractivity contribution < 1.29 is 23.9 Å². The van der Waals surface area contributed by atoms with Crippen molar-refractivity contribution in [2.75, 3.05) is 0 Å². The first kappa shape index (κ1) is 14.9. The van der Waals surface area contributed by atoms with Crippen LogP contribution in [0, 0.1) is 5.82 Å². The van der Waals surface area contributed by atoms with Crippen LogP contribution in [0.1, 0.15) is 27.4 Å². The summed E-state index contributed by atoms with van der Waals surface area (Å²) >= 11 is 0. The lowest BCUT2D eigenvalue weighted by atomic mass is 9.88. The van der Waals surface area contributed by atoms with Gasteiger partial charge in [0.1, 0.15) is 5.82 Å². The predicted molar refractivity (Wildman–Crippen MR) is 78.1 cm³/mol. The first-order valence-electron chi connectivity index (χ1n) is 6.91. The van der Waals surface area contributed by atoms with E-state index in [0.717, 1.165) is 4.90 Å². The molecule has 0 saturated heterocycles. The number of imide groups is 1.